The molecule has 1 aliphatic heterocycles. The van der Waals surface area contributed by atoms with E-state index >= 15 is 0 Å². The molecule has 7 nitrogen and oxygen atoms in total. The van der Waals surface area contributed by atoms with Crippen LogP contribution in [0.2, 0.25) is 0 Å². The fourth-order valence-electron chi connectivity index (χ4n) is 4.31. The van der Waals surface area contributed by atoms with E-state index in [0.29, 0.717) is 17.9 Å². The lowest BCUT2D eigenvalue weighted by Gasteiger charge is -2.23. The van der Waals surface area contributed by atoms with Crippen molar-refractivity contribution in [3.05, 3.63) is 41.1 Å². The van der Waals surface area contributed by atoms with Crippen LogP contribution in [0.5, 0.6) is 0 Å². The molecule has 0 bridgehead atoms. The zero-order chi connectivity index (χ0) is 20.9. The zero-order valence-corrected chi connectivity index (χ0v) is 17.7. The molecule has 2 aliphatic rings. The van der Waals surface area contributed by atoms with Gasteiger partial charge in [-0.2, -0.15) is 5.10 Å². The number of fused-ring (bicyclic) bond motifs is 1. The molecule has 0 unspecified atom stereocenters. The number of carbonyl (C=O) groups is 2. The molecule has 2 heterocycles. The molecule has 1 aromatic heterocycles. The van der Waals surface area contributed by atoms with Gasteiger partial charge in [-0.1, -0.05) is 38.7 Å². The number of carbonyl (C=O) groups excluding carboxylic acids is 2. The van der Waals surface area contributed by atoms with Crippen molar-refractivity contribution in [3.8, 4) is 5.69 Å². The molecule has 30 heavy (non-hydrogen) atoms. The second-order valence-corrected chi connectivity index (χ2v) is 8.32. The first kappa shape index (κ1) is 20.4. The molecular weight excluding hydrogens is 378 g/mol. The number of benzene rings is 1. The van der Waals surface area contributed by atoms with Crippen LogP contribution in [0.25, 0.3) is 5.69 Å². The third kappa shape index (κ3) is 4.66. The number of hydrogen-bond acceptors (Lipinski definition) is 3. The van der Waals surface area contributed by atoms with Crippen LogP contribution < -0.4 is 16.0 Å². The average molecular weight is 410 g/mol. The van der Waals surface area contributed by atoms with Crippen LogP contribution in [0.3, 0.4) is 0 Å². The van der Waals surface area contributed by atoms with Crippen molar-refractivity contribution in [3.63, 3.8) is 0 Å². The Morgan fingerprint density at radius 2 is 2.07 bits per heavy atom. The van der Waals surface area contributed by atoms with Gasteiger partial charge in [0.15, 0.2) is 0 Å². The second kappa shape index (κ2) is 9.32. The number of aromatic nitrogens is 2. The van der Waals surface area contributed by atoms with Crippen molar-refractivity contribution in [2.24, 2.45) is 0 Å². The van der Waals surface area contributed by atoms with E-state index in [0.717, 1.165) is 55.5 Å². The summed E-state index contributed by atoms with van der Waals surface area (Å²) in [5, 5.41) is 13.7. The number of hydrogen-bond donors (Lipinski definition) is 3. The van der Waals surface area contributed by atoms with Gasteiger partial charge in [0, 0.05) is 24.2 Å². The van der Waals surface area contributed by atoms with E-state index in [1.807, 2.05) is 24.3 Å². The topological polar surface area (TPSA) is 88.0 Å². The first-order chi connectivity index (χ1) is 14.6. The third-order valence-corrected chi connectivity index (χ3v) is 5.99. The molecule has 1 aromatic carbocycles. The van der Waals surface area contributed by atoms with Gasteiger partial charge in [-0.05, 0) is 49.8 Å². The molecule has 0 radical (unpaired) electrons. The first-order valence-electron chi connectivity index (χ1n) is 11.2. The highest BCUT2D eigenvalue weighted by Gasteiger charge is 2.20. The molecule has 3 N–H and O–H groups in total. The summed E-state index contributed by atoms with van der Waals surface area (Å²) in [4.78, 5) is 24.9. The monoisotopic (exact) mass is 409 g/mol. The molecule has 7 heteroatoms. The maximum absolute atomic E-state index is 12.6. The van der Waals surface area contributed by atoms with E-state index in [9.17, 15) is 9.59 Å². The molecule has 1 saturated carbocycles. The number of aryl methyl sites for hydroxylation is 1. The summed E-state index contributed by atoms with van der Waals surface area (Å²) in [5.41, 5.74) is 3.45. The van der Waals surface area contributed by atoms with Crippen LogP contribution in [0.15, 0.2) is 24.3 Å². The van der Waals surface area contributed by atoms with Gasteiger partial charge in [-0.25, -0.2) is 9.48 Å². The predicted octanol–water partition coefficient (Wildman–Crippen LogP) is 3.96. The first-order valence-corrected chi connectivity index (χ1v) is 11.2. The van der Waals surface area contributed by atoms with E-state index in [1.54, 1.807) is 4.68 Å². The maximum Gasteiger partial charge on any atom is 0.320 e. The normalized spacial score (nSPS) is 16.6. The van der Waals surface area contributed by atoms with Crippen LogP contribution >= 0.6 is 0 Å². The summed E-state index contributed by atoms with van der Waals surface area (Å²) < 4.78 is 1.74. The number of amides is 3. The summed E-state index contributed by atoms with van der Waals surface area (Å²) in [5.74, 6) is 0.576. The number of anilines is 1. The highest BCUT2D eigenvalue weighted by Crippen LogP contribution is 2.23. The Morgan fingerprint density at radius 3 is 2.87 bits per heavy atom. The van der Waals surface area contributed by atoms with Gasteiger partial charge in [-0.15, -0.1) is 0 Å². The highest BCUT2D eigenvalue weighted by atomic mass is 16.2. The summed E-state index contributed by atoms with van der Waals surface area (Å²) in [6, 6.07) is 7.81. The summed E-state index contributed by atoms with van der Waals surface area (Å²) in [6.07, 6.45) is 9.46. The molecule has 0 atom stereocenters. The van der Waals surface area contributed by atoms with Crippen molar-refractivity contribution >= 4 is 17.8 Å². The largest absolute Gasteiger partial charge is 0.352 e. The van der Waals surface area contributed by atoms with Crippen molar-refractivity contribution in [2.45, 2.75) is 70.8 Å². The number of urea groups is 1. The van der Waals surface area contributed by atoms with Crippen LogP contribution in [-0.2, 0) is 12.8 Å². The Balaban J connectivity index is 1.58. The standard InChI is InChI=1S/C23H31N5O2/c1-2-3-7-18-14-21(26-23(30)25-17-8-5-4-6-9-17)28(27-18)19-11-10-16-12-13-24-22(29)20(16)15-19/h10-11,14-15,17H,2-9,12-13H2,1H3,(H,24,29)(H2,25,26,30). The third-order valence-electron chi connectivity index (χ3n) is 5.99. The van der Waals surface area contributed by atoms with Crippen LogP contribution in [0.4, 0.5) is 10.6 Å². The van der Waals surface area contributed by atoms with E-state index in [2.05, 4.69) is 22.9 Å². The smallest absolute Gasteiger partial charge is 0.320 e. The molecule has 0 spiro atoms. The lowest BCUT2D eigenvalue weighted by atomic mass is 9.96. The van der Waals surface area contributed by atoms with Gasteiger partial charge < -0.3 is 10.6 Å². The lowest BCUT2D eigenvalue weighted by Crippen LogP contribution is -2.39. The summed E-state index contributed by atoms with van der Waals surface area (Å²) in [7, 11) is 0. The van der Waals surface area contributed by atoms with Gasteiger partial charge in [0.05, 0.1) is 11.4 Å². The van der Waals surface area contributed by atoms with E-state index in [-0.39, 0.29) is 18.0 Å². The quantitative estimate of drug-likeness (QED) is 0.675. The minimum atomic E-state index is -0.194. The lowest BCUT2D eigenvalue weighted by molar-refractivity contribution is 0.0946. The molecule has 1 fully saturated rings. The van der Waals surface area contributed by atoms with Crippen molar-refractivity contribution in [2.75, 3.05) is 11.9 Å². The van der Waals surface area contributed by atoms with Crippen LogP contribution in [0, 0.1) is 0 Å². The summed E-state index contributed by atoms with van der Waals surface area (Å²) in [6.45, 7) is 2.82. The Hall–Kier alpha value is -2.83. The van der Waals surface area contributed by atoms with Gasteiger partial charge >= 0.3 is 6.03 Å². The minimum absolute atomic E-state index is 0.0546. The van der Waals surface area contributed by atoms with E-state index in [1.165, 1.54) is 19.3 Å². The Labute approximate surface area is 177 Å². The number of nitrogens with one attached hydrogen (secondary N) is 3. The highest BCUT2D eigenvalue weighted by molar-refractivity contribution is 5.97. The number of nitrogens with zero attached hydrogens (tertiary/aromatic N) is 2. The SMILES string of the molecule is CCCCc1cc(NC(=O)NC2CCCCC2)n(-c2ccc3c(c2)C(=O)NCC3)n1. The number of unbranched alkanes of at least 4 members (excludes halogenated alkanes) is 1. The average Bonchev–Trinajstić information content (AvgIpc) is 3.15. The Morgan fingerprint density at radius 1 is 1.23 bits per heavy atom. The zero-order valence-electron chi connectivity index (χ0n) is 17.7. The molecule has 2 aromatic rings. The molecule has 4 rings (SSSR count). The van der Waals surface area contributed by atoms with Gasteiger partial charge in [0.25, 0.3) is 5.91 Å². The fourth-order valence-corrected chi connectivity index (χ4v) is 4.31. The maximum atomic E-state index is 12.6. The van der Waals surface area contributed by atoms with Crippen molar-refractivity contribution < 1.29 is 9.59 Å². The van der Waals surface area contributed by atoms with Crippen LogP contribution in [-0.4, -0.2) is 34.3 Å². The Bertz CT molecular complexity index is 914. The van der Waals surface area contributed by atoms with Gasteiger partial charge in [0.2, 0.25) is 0 Å². The molecule has 0 saturated heterocycles. The van der Waals surface area contributed by atoms with Crippen molar-refractivity contribution in [1.29, 1.82) is 0 Å². The molecule has 1 aliphatic carbocycles. The minimum Gasteiger partial charge on any atom is -0.352 e. The number of rotatable bonds is 6. The molecular formula is C23H31N5O2. The van der Waals surface area contributed by atoms with E-state index in [4.69, 9.17) is 5.10 Å². The molecule has 160 valence electrons. The van der Waals surface area contributed by atoms with Gasteiger partial charge in [-0.3, -0.25) is 10.1 Å². The predicted molar refractivity (Wildman–Crippen MR) is 117 cm³/mol. The summed E-state index contributed by atoms with van der Waals surface area (Å²) >= 11 is 0. The van der Waals surface area contributed by atoms with Crippen molar-refractivity contribution in [1.82, 2.24) is 20.4 Å². The Kier molecular flexibility index (Phi) is 6.35. The fraction of sp³-hybridized carbons (Fsp3) is 0.522. The molecule has 3 amide bonds. The second-order valence-electron chi connectivity index (χ2n) is 8.32. The van der Waals surface area contributed by atoms with E-state index < -0.39 is 0 Å². The van der Waals surface area contributed by atoms with Gasteiger partial charge in [0.1, 0.15) is 5.82 Å². The van der Waals surface area contributed by atoms with Crippen LogP contribution in [0.1, 0.15) is 73.5 Å².